The van der Waals surface area contributed by atoms with Gasteiger partial charge in [-0.15, -0.1) is 0 Å². The zero-order valence-electron chi connectivity index (χ0n) is 15.7. The molecule has 1 aromatic heterocycles. The second-order valence-corrected chi connectivity index (χ2v) is 8.27. The van der Waals surface area contributed by atoms with Gasteiger partial charge in [0.25, 0.3) is 0 Å². The van der Waals surface area contributed by atoms with E-state index >= 15 is 0 Å². The number of nitrogens with one attached hydrogen (secondary N) is 1. The number of carbonyl (C=O) groups is 1. The first-order chi connectivity index (χ1) is 12.9. The minimum Gasteiger partial charge on any atom is -0.462 e. The van der Waals surface area contributed by atoms with E-state index in [2.05, 4.69) is 10.2 Å². The van der Waals surface area contributed by atoms with Gasteiger partial charge in [0.05, 0.1) is 29.2 Å². The van der Waals surface area contributed by atoms with Gasteiger partial charge in [0.2, 0.25) is 10.0 Å². The van der Waals surface area contributed by atoms with Crippen molar-refractivity contribution in [2.24, 2.45) is 0 Å². The van der Waals surface area contributed by atoms with Crippen LogP contribution in [0, 0.1) is 13.8 Å². The quantitative estimate of drug-likeness (QED) is 0.779. The van der Waals surface area contributed by atoms with Crippen molar-refractivity contribution >= 4 is 21.7 Å². The second-order valence-electron chi connectivity index (χ2n) is 6.39. The summed E-state index contributed by atoms with van der Waals surface area (Å²) in [5.74, 6) is -0.368. The number of hydrogen-bond acceptors (Lipinski definition) is 6. The van der Waals surface area contributed by atoms with Crippen molar-refractivity contribution in [3.05, 3.63) is 41.2 Å². The third kappa shape index (κ3) is 3.70. The Morgan fingerprint density at radius 1 is 1.19 bits per heavy atom. The Labute approximate surface area is 159 Å². The van der Waals surface area contributed by atoms with Gasteiger partial charge in [0, 0.05) is 26.2 Å². The van der Waals surface area contributed by atoms with Crippen LogP contribution in [-0.2, 0) is 14.8 Å². The van der Waals surface area contributed by atoms with Crippen molar-refractivity contribution < 1.29 is 17.9 Å². The first-order valence-corrected chi connectivity index (χ1v) is 10.3. The second kappa shape index (κ2) is 7.69. The molecule has 1 N–H and O–H groups in total. The summed E-state index contributed by atoms with van der Waals surface area (Å²) in [6.45, 7) is 7.12. The van der Waals surface area contributed by atoms with E-state index in [0.29, 0.717) is 49.7 Å². The number of aryl methyl sites for hydroxylation is 2. The maximum atomic E-state index is 13.0. The molecule has 1 aromatic carbocycles. The zero-order valence-corrected chi connectivity index (χ0v) is 16.5. The standard InChI is InChI=1S/C18H24N4O4S/c1-4-26-18(23)15-7-5-6-8-16(15)21-9-11-22(12-10-21)27(24,25)17-13(2)19-20-14(17)3/h5-8H,4,9-12H2,1-3H3,(H,19,20). The Kier molecular flexibility index (Phi) is 5.52. The smallest absolute Gasteiger partial charge is 0.340 e. The third-order valence-corrected chi connectivity index (χ3v) is 6.80. The van der Waals surface area contributed by atoms with Gasteiger partial charge in [-0.2, -0.15) is 9.40 Å². The van der Waals surface area contributed by atoms with Gasteiger partial charge in [-0.3, -0.25) is 5.10 Å². The van der Waals surface area contributed by atoms with E-state index in [9.17, 15) is 13.2 Å². The summed E-state index contributed by atoms with van der Waals surface area (Å²) in [5.41, 5.74) is 2.28. The molecule has 2 aromatic rings. The summed E-state index contributed by atoms with van der Waals surface area (Å²) in [6.07, 6.45) is 0. The number of hydrogen-bond donors (Lipinski definition) is 1. The van der Waals surface area contributed by atoms with E-state index in [1.54, 1.807) is 32.9 Å². The number of H-pyrrole nitrogens is 1. The van der Waals surface area contributed by atoms with Crippen LogP contribution in [0.15, 0.2) is 29.2 Å². The predicted molar refractivity (Wildman–Crippen MR) is 101 cm³/mol. The number of anilines is 1. The van der Waals surface area contributed by atoms with Crippen molar-refractivity contribution in [2.75, 3.05) is 37.7 Å². The molecule has 0 bridgehead atoms. The van der Waals surface area contributed by atoms with Crippen LogP contribution < -0.4 is 4.90 Å². The zero-order chi connectivity index (χ0) is 19.6. The van der Waals surface area contributed by atoms with Gasteiger partial charge >= 0.3 is 5.97 Å². The topological polar surface area (TPSA) is 95.6 Å². The molecule has 1 aliphatic heterocycles. The fraction of sp³-hybridized carbons (Fsp3) is 0.444. The van der Waals surface area contributed by atoms with Gasteiger partial charge in [-0.25, -0.2) is 13.2 Å². The van der Waals surface area contributed by atoms with Crippen molar-refractivity contribution in [2.45, 2.75) is 25.7 Å². The number of benzene rings is 1. The average molecular weight is 392 g/mol. The highest BCUT2D eigenvalue weighted by atomic mass is 32.2. The first kappa shape index (κ1) is 19.4. The minimum absolute atomic E-state index is 0.253. The van der Waals surface area contributed by atoms with Crippen LogP contribution in [0.1, 0.15) is 28.7 Å². The van der Waals surface area contributed by atoms with E-state index in [1.807, 2.05) is 17.0 Å². The molecular formula is C18H24N4O4S. The molecule has 0 spiro atoms. The fourth-order valence-corrected chi connectivity index (χ4v) is 5.10. The summed E-state index contributed by atoms with van der Waals surface area (Å²) in [5, 5.41) is 6.73. The average Bonchev–Trinajstić information content (AvgIpc) is 3.01. The Hall–Kier alpha value is -2.39. The van der Waals surface area contributed by atoms with E-state index in [1.165, 1.54) is 4.31 Å². The van der Waals surface area contributed by atoms with Gasteiger partial charge in [0.1, 0.15) is 4.90 Å². The lowest BCUT2D eigenvalue weighted by atomic mass is 10.1. The van der Waals surface area contributed by atoms with Crippen LogP contribution in [0.4, 0.5) is 5.69 Å². The van der Waals surface area contributed by atoms with Crippen LogP contribution in [0.3, 0.4) is 0 Å². The molecule has 3 rings (SSSR count). The number of aromatic amines is 1. The number of para-hydroxylation sites is 1. The number of piperazine rings is 1. The number of aromatic nitrogens is 2. The summed E-state index contributed by atoms with van der Waals surface area (Å²) < 4.78 is 32.5. The first-order valence-electron chi connectivity index (χ1n) is 8.89. The van der Waals surface area contributed by atoms with E-state index in [0.717, 1.165) is 5.69 Å². The van der Waals surface area contributed by atoms with E-state index in [-0.39, 0.29) is 10.9 Å². The Morgan fingerprint density at radius 2 is 1.85 bits per heavy atom. The third-order valence-electron chi connectivity index (χ3n) is 4.64. The molecule has 1 aliphatic rings. The van der Waals surface area contributed by atoms with Crippen molar-refractivity contribution in [3.63, 3.8) is 0 Å². The highest BCUT2D eigenvalue weighted by Crippen LogP contribution is 2.26. The number of esters is 1. The van der Waals surface area contributed by atoms with Crippen LogP contribution in [0.25, 0.3) is 0 Å². The monoisotopic (exact) mass is 392 g/mol. The van der Waals surface area contributed by atoms with Crippen molar-refractivity contribution in [1.29, 1.82) is 0 Å². The molecule has 1 fully saturated rings. The molecule has 8 nitrogen and oxygen atoms in total. The lowest BCUT2D eigenvalue weighted by molar-refractivity contribution is 0.0527. The normalized spacial score (nSPS) is 15.7. The highest BCUT2D eigenvalue weighted by molar-refractivity contribution is 7.89. The SMILES string of the molecule is CCOC(=O)c1ccccc1N1CCN(S(=O)(=O)c2c(C)n[nH]c2C)CC1. The number of sulfonamides is 1. The number of carbonyl (C=O) groups excluding carboxylic acids is 1. The summed E-state index contributed by atoms with van der Waals surface area (Å²) in [7, 11) is -3.60. The Morgan fingerprint density at radius 3 is 2.44 bits per heavy atom. The van der Waals surface area contributed by atoms with Gasteiger partial charge < -0.3 is 9.64 Å². The molecule has 0 radical (unpaired) electrons. The molecule has 0 amide bonds. The molecule has 146 valence electrons. The largest absolute Gasteiger partial charge is 0.462 e. The lowest BCUT2D eigenvalue weighted by Gasteiger charge is -2.36. The van der Waals surface area contributed by atoms with E-state index in [4.69, 9.17) is 4.74 Å². The van der Waals surface area contributed by atoms with Crippen molar-refractivity contribution in [1.82, 2.24) is 14.5 Å². The molecule has 2 heterocycles. The van der Waals surface area contributed by atoms with Crippen LogP contribution in [0.2, 0.25) is 0 Å². The van der Waals surface area contributed by atoms with Gasteiger partial charge in [0.15, 0.2) is 0 Å². The van der Waals surface area contributed by atoms with Gasteiger partial charge in [-0.05, 0) is 32.9 Å². The number of ether oxygens (including phenoxy) is 1. The Bertz CT molecular complexity index is 911. The molecule has 0 aliphatic carbocycles. The minimum atomic E-state index is -3.60. The Balaban J connectivity index is 1.78. The predicted octanol–water partition coefficient (Wildman–Crippen LogP) is 1.71. The number of nitrogens with zero attached hydrogens (tertiary/aromatic N) is 3. The lowest BCUT2D eigenvalue weighted by Crippen LogP contribution is -2.49. The maximum Gasteiger partial charge on any atom is 0.340 e. The molecule has 0 saturated carbocycles. The van der Waals surface area contributed by atoms with Crippen LogP contribution in [0.5, 0.6) is 0 Å². The van der Waals surface area contributed by atoms with Gasteiger partial charge in [-0.1, -0.05) is 12.1 Å². The number of rotatable bonds is 5. The molecule has 1 saturated heterocycles. The maximum absolute atomic E-state index is 13.0. The summed E-state index contributed by atoms with van der Waals surface area (Å²) in [4.78, 5) is 14.5. The van der Waals surface area contributed by atoms with Crippen LogP contribution >= 0.6 is 0 Å². The molecule has 9 heteroatoms. The summed E-state index contributed by atoms with van der Waals surface area (Å²) in [6, 6.07) is 7.25. The van der Waals surface area contributed by atoms with Crippen LogP contribution in [-0.4, -0.2) is 61.7 Å². The molecule has 27 heavy (non-hydrogen) atoms. The van der Waals surface area contributed by atoms with E-state index < -0.39 is 10.0 Å². The molecule has 0 atom stereocenters. The van der Waals surface area contributed by atoms with Crippen molar-refractivity contribution in [3.8, 4) is 0 Å². The highest BCUT2D eigenvalue weighted by Gasteiger charge is 2.33. The molecular weight excluding hydrogens is 368 g/mol. The fourth-order valence-electron chi connectivity index (χ4n) is 3.35. The summed E-state index contributed by atoms with van der Waals surface area (Å²) >= 11 is 0. The molecule has 0 unspecified atom stereocenters.